The number of carbonyl (C=O) groups excluding carboxylic acids is 1. The largest absolute Gasteiger partial charge is 0.385 e. The lowest BCUT2D eigenvalue weighted by Gasteiger charge is -2.11. The predicted molar refractivity (Wildman–Crippen MR) is 91.4 cm³/mol. The molecular weight excluding hydrogens is 260 g/mol. The van der Waals surface area contributed by atoms with Gasteiger partial charge in [0.05, 0.1) is 0 Å². The van der Waals surface area contributed by atoms with Crippen molar-refractivity contribution in [2.75, 3.05) is 0 Å². The first-order valence-corrected chi connectivity index (χ1v) is 7.16. The Morgan fingerprint density at radius 1 is 1.14 bits per heavy atom. The summed E-state index contributed by atoms with van der Waals surface area (Å²) in [5.74, 6) is 0.619. The number of Topliss-reactive ketones (excluding diaryl/α,β-unsaturated/α-hetero) is 1. The van der Waals surface area contributed by atoms with Gasteiger partial charge in [-0.25, -0.2) is 0 Å². The summed E-state index contributed by atoms with van der Waals surface area (Å²) in [7, 11) is 0. The minimum Gasteiger partial charge on any atom is -0.385 e. The molecule has 0 saturated heterocycles. The van der Waals surface area contributed by atoms with Gasteiger partial charge in [0.15, 0.2) is 5.78 Å². The number of hydrogen-bond donors (Lipinski definition) is 2. The molecule has 0 aromatic heterocycles. The molecule has 3 nitrogen and oxygen atoms in total. The highest BCUT2D eigenvalue weighted by molar-refractivity contribution is 5.93. The standard InChI is InChI=1S/C18H28N2O/c1-8-12(3)13(4)11-18(19)20-15(6)17(9-2)10-14(5)16(7)21/h9-11,20H,2,8,19H2,1,3-7H3/b13-12-,14-10+,17-15+,18-11-. The highest BCUT2D eigenvalue weighted by Gasteiger charge is 2.02. The Kier molecular flexibility index (Phi) is 8.14. The third-order valence-corrected chi connectivity index (χ3v) is 3.49. The number of ketones is 1. The molecule has 0 saturated carbocycles. The van der Waals surface area contributed by atoms with Gasteiger partial charge in [0.25, 0.3) is 0 Å². The zero-order valence-corrected chi connectivity index (χ0v) is 14.1. The molecule has 0 bridgehead atoms. The number of carbonyl (C=O) groups is 1. The van der Waals surface area contributed by atoms with Gasteiger partial charge in [0.1, 0.15) is 5.82 Å². The monoisotopic (exact) mass is 288 g/mol. The minimum absolute atomic E-state index is 0.0445. The lowest BCUT2D eigenvalue weighted by molar-refractivity contribution is -0.113. The molecule has 0 aliphatic carbocycles. The Morgan fingerprint density at radius 3 is 2.14 bits per heavy atom. The van der Waals surface area contributed by atoms with Gasteiger partial charge < -0.3 is 11.1 Å². The predicted octanol–water partition coefficient (Wildman–Crippen LogP) is 4.12. The van der Waals surface area contributed by atoms with Crippen LogP contribution in [0.5, 0.6) is 0 Å². The average Bonchev–Trinajstić information content (AvgIpc) is 2.42. The van der Waals surface area contributed by atoms with Crippen molar-refractivity contribution in [2.24, 2.45) is 5.73 Å². The summed E-state index contributed by atoms with van der Waals surface area (Å²) in [6.45, 7) is 15.3. The first-order chi connectivity index (χ1) is 9.72. The van der Waals surface area contributed by atoms with Gasteiger partial charge in [-0.05, 0) is 69.9 Å². The van der Waals surface area contributed by atoms with Gasteiger partial charge in [-0.15, -0.1) is 0 Å². The molecule has 0 aliphatic heterocycles. The Morgan fingerprint density at radius 2 is 1.71 bits per heavy atom. The normalized spacial score (nSPS) is 15.1. The Labute approximate surface area is 129 Å². The number of nitrogens with one attached hydrogen (secondary N) is 1. The highest BCUT2D eigenvalue weighted by Crippen LogP contribution is 2.12. The number of nitrogens with two attached hydrogens (primary N) is 1. The molecular formula is C18H28N2O. The molecule has 3 N–H and O–H groups in total. The van der Waals surface area contributed by atoms with Crippen LogP contribution in [-0.2, 0) is 4.79 Å². The third kappa shape index (κ3) is 6.80. The zero-order chi connectivity index (χ0) is 16.6. The van der Waals surface area contributed by atoms with Crippen molar-refractivity contribution in [2.45, 2.75) is 48.0 Å². The maximum Gasteiger partial charge on any atom is 0.155 e. The fourth-order valence-electron chi connectivity index (χ4n) is 1.62. The Balaban J connectivity index is 5.33. The van der Waals surface area contributed by atoms with E-state index in [0.717, 1.165) is 23.3 Å². The first kappa shape index (κ1) is 19.0. The SMILES string of the molecule is C=CC(/C=C(\C)C(C)=O)=C(/C)N/C(N)=C\C(C)=C(\C)CC. The molecule has 0 spiro atoms. The molecule has 0 aromatic rings. The van der Waals surface area contributed by atoms with Crippen LogP contribution in [0.1, 0.15) is 48.0 Å². The second kappa shape index (κ2) is 9.01. The first-order valence-electron chi connectivity index (χ1n) is 7.16. The molecule has 0 heterocycles. The molecule has 0 aromatic carbocycles. The van der Waals surface area contributed by atoms with Crippen LogP contribution in [-0.4, -0.2) is 5.78 Å². The van der Waals surface area contributed by atoms with Crippen molar-refractivity contribution >= 4 is 5.78 Å². The third-order valence-electron chi connectivity index (χ3n) is 3.49. The summed E-state index contributed by atoms with van der Waals surface area (Å²) in [5.41, 5.74) is 10.9. The molecule has 0 atom stereocenters. The molecule has 3 heteroatoms. The summed E-state index contributed by atoms with van der Waals surface area (Å²) in [6.07, 6.45) is 6.44. The van der Waals surface area contributed by atoms with Gasteiger partial charge in [-0.2, -0.15) is 0 Å². The summed E-state index contributed by atoms with van der Waals surface area (Å²) in [4.78, 5) is 11.3. The zero-order valence-electron chi connectivity index (χ0n) is 14.1. The summed E-state index contributed by atoms with van der Waals surface area (Å²) >= 11 is 0. The van der Waals surface area contributed by atoms with Gasteiger partial charge in [-0.3, -0.25) is 4.79 Å². The molecule has 0 amide bonds. The van der Waals surface area contributed by atoms with Crippen molar-refractivity contribution in [3.05, 3.63) is 58.6 Å². The second-order valence-electron chi connectivity index (χ2n) is 5.21. The molecule has 0 unspecified atom stereocenters. The highest BCUT2D eigenvalue weighted by atomic mass is 16.1. The smallest absolute Gasteiger partial charge is 0.155 e. The van der Waals surface area contributed by atoms with Crippen LogP contribution in [0.4, 0.5) is 0 Å². The lowest BCUT2D eigenvalue weighted by atomic mass is 10.1. The van der Waals surface area contributed by atoms with Crippen LogP contribution in [0.3, 0.4) is 0 Å². The topological polar surface area (TPSA) is 55.1 Å². The fourth-order valence-corrected chi connectivity index (χ4v) is 1.62. The van der Waals surface area contributed by atoms with Crippen LogP contribution in [0, 0.1) is 0 Å². The summed E-state index contributed by atoms with van der Waals surface area (Å²) in [6, 6.07) is 0. The second-order valence-corrected chi connectivity index (χ2v) is 5.21. The van der Waals surface area contributed by atoms with Crippen molar-refractivity contribution < 1.29 is 4.79 Å². The quantitative estimate of drug-likeness (QED) is 0.547. The Bertz CT molecular complexity index is 531. The van der Waals surface area contributed by atoms with Crippen molar-refractivity contribution in [1.29, 1.82) is 0 Å². The van der Waals surface area contributed by atoms with Crippen LogP contribution < -0.4 is 11.1 Å². The van der Waals surface area contributed by atoms with Crippen LogP contribution >= 0.6 is 0 Å². The van der Waals surface area contributed by atoms with E-state index in [4.69, 9.17) is 5.73 Å². The van der Waals surface area contributed by atoms with Crippen molar-refractivity contribution in [3.8, 4) is 0 Å². The van der Waals surface area contributed by atoms with E-state index < -0.39 is 0 Å². The molecule has 0 aliphatic rings. The summed E-state index contributed by atoms with van der Waals surface area (Å²) in [5, 5.41) is 3.14. The van der Waals surface area contributed by atoms with Gasteiger partial charge in [0, 0.05) is 5.70 Å². The van der Waals surface area contributed by atoms with Crippen LogP contribution in [0.25, 0.3) is 0 Å². The summed E-state index contributed by atoms with van der Waals surface area (Å²) < 4.78 is 0. The van der Waals surface area contributed by atoms with E-state index in [-0.39, 0.29) is 5.78 Å². The van der Waals surface area contributed by atoms with Gasteiger partial charge in [-0.1, -0.05) is 25.2 Å². The van der Waals surface area contributed by atoms with Crippen molar-refractivity contribution in [1.82, 2.24) is 5.32 Å². The van der Waals surface area contributed by atoms with E-state index in [1.54, 1.807) is 19.9 Å². The number of rotatable bonds is 7. The van der Waals surface area contributed by atoms with Crippen LogP contribution in [0.15, 0.2) is 58.6 Å². The minimum atomic E-state index is 0.0445. The maximum absolute atomic E-state index is 11.3. The molecule has 0 fully saturated rings. The fraction of sp³-hybridized carbons (Fsp3) is 0.389. The van der Waals surface area contributed by atoms with E-state index >= 15 is 0 Å². The van der Waals surface area contributed by atoms with Gasteiger partial charge >= 0.3 is 0 Å². The number of allylic oxidation sites excluding steroid dienone is 8. The van der Waals surface area contributed by atoms with E-state index in [2.05, 4.69) is 25.7 Å². The number of hydrogen-bond acceptors (Lipinski definition) is 3. The van der Waals surface area contributed by atoms with E-state index in [1.807, 2.05) is 26.0 Å². The Hall–Kier alpha value is -2.03. The van der Waals surface area contributed by atoms with Crippen molar-refractivity contribution in [3.63, 3.8) is 0 Å². The molecule has 0 radical (unpaired) electrons. The molecule has 0 rings (SSSR count). The maximum atomic E-state index is 11.3. The van der Waals surface area contributed by atoms with E-state index in [0.29, 0.717) is 11.4 Å². The molecule has 21 heavy (non-hydrogen) atoms. The van der Waals surface area contributed by atoms with E-state index in [1.165, 1.54) is 5.57 Å². The van der Waals surface area contributed by atoms with Crippen LogP contribution in [0.2, 0.25) is 0 Å². The molecule has 116 valence electrons. The van der Waals surface area contributed by atoms with E-state index in [9.17, 15) is 4.79 Å². The van der Waals surface area contributed by atoms with Gasteiger partial charge in [0.2, 0.25) is 0 Å². The lowest BCUT2D eigenvalue weighted by Crippen LogP contribution is -2.19. The average molecular weight is 288 g/mol.